The van der Waals surface area contributed by atoms with Gasteiger partial charge in [-0.1, -0.05) is 0 Å². The molecule has 0 aliphatic rings. The molecule has 0 radical (unpaired) electrons. The van der Waals surface area contributed by atoms with E-state index < -0.39 is 177 Å². The van der Waals surface area contributed by atoms with E-state index in [0.717, 1.165) is 43.3 Å². The van der Waals surface area contributed by atoms with Gasteiger partial charge in [-0.15, -0.1) is 30.7 Å². The van der Waals surface area contributed by atoms with Crippen molar-refractivity contribution in [2.24, 2.45) is 30.7 Å². The Balaban J connectivity index is 1.74. The summed E-state index contributed by atoms with van der Waals surface area (Å²) >= 11 is 0. The average molecular weight is 1050 g/mol. The van der Waals surface area contributed by atoms with E-state index in [2.05, 4.69) is 36.0 Å². The number of benzene rings is 5. The standard InChI is InChI=1S/C38H38N8O22S3/c1-19(51)39-21-2-3-22(31(14-21)69(56,57)58)40-41-23-15-28(66-9-5-48)24(16-27(23)65-8-4-47)42-44-35-32(70(59,60)61)12-20-13-33(71(62,63)64)36(38(53)34(20)37(35)52)45-43-25-17-30(68-11-7-50)26(46(54)55)18-29(25)67-10-6-49/h2-3,12-18,47-50,52-53H,4-11H2,1H3,(H,39,51)(H,56,57,58)(H,59,60,61)(H,62,63,64). The fraction of sp³-hybridized carbons (Fsp3) is 0.237. The Bertz CT molecular complexity index is 3320. The number of ether oxygens (including phenoxy) is 4. The summed E-state index contributed by atoms with van der Waals surface area (Å²) in [6.07, 6.45) is 0. The maximum absolute atomic E-state index is 12.8. The first-order valence-corrected chi connectivity index (χ1v) is 23.9. The summed E-state index contributed by atoms with van der Waals surface area (Å²) in [6, 6.07) is 7.83. The summed E-state index contributed by atoms with van der Waals surface area (Å²) in [6.45, 7) is -3.18. The third-order valence-corrected chi connectivity index (χ3v) is 11.4. The molecule has 30 nitrogen and oxygen atoms in total. The van der Waals surface area contributed by atoms with E-state index in [-0.39, 0.29) is 22.9 Å². The zero-order valence-corrected chi connectivity index (χ0v) is 38.5. The highest BCUT2D eigenvalue weighted by molar-refractivity contribution is 7.86. The molecule has 0 spiro atoms. The van der Waals surface area contributed by atoms with Crippen molar-refractivity contribution in [3.05, 3.63) is 64.7 Å². The number of anilines is 1. The van der Waals surface area contributed by atoms with Crippen molar-refractivity contribution in [1.29, 1.82) is 0 Å². The molecular formula is C38H38N8O22S3. The summed E-state index contributed by atoms with van der Waals surface area (Å²) in [4.78, 5) is 19.0. The highest BCUT2D eigenvalue weighted by Gasteiger charge is 2.30. The zero-order valence-electron chi connectivity index (χ0n) is 36.0. The van der Waals surface area contributed by atoms with Crippen LogP contribution in [0.3, 0.4) is 0 Å². The minimum absolute atomic E-state index is 0.0377. The van der Waals surface area contributed by atoms with Crippen molar-refractivity contribution < 1.29 is 98.2 Å². The lowest BCUT2D eigenvalue weighted by molar-refractivity contribution is -0.386. The van der Waals surface area contributed by atoms with Gasteiger partial charge in [-0.25, -0.2) is 0 Å². The molecule has 0 aromatic heterocycles. The first-order valence-electron chi connectivity index (χ1n) is 19.5. The van der Waals surface area contributed by atoms with Crippen LogP contribution in [0.5, 0.6) is 34.5 Å². The molecular weight excluding hydrogens is 1020 g/mol. The Morgan fingerprint density at radius 1 is 0.563 bits per heavy atom. The van der Waals surface area contributed by atoms with Gasteiger partial charge < -0.3 is 54.9 Å². The normalized spacial score (nSPS) is 12.3. The number of aliphatic hydroxyl groups is 4. The van der Waals surface area contributed by atoms with Crippen molar-refractivity contribution >= 4 is 92.5 Å². The molecule has 5 rings (SSSR count). The largest absolute Gasteiger partial charge is 0.505 e. The van der Waals surface area contributed by atoms with Gasteiger partial charge in [-0.2, -0.15) is 25.3 Å². The number of hydrogen-bond acceptors (Lipinski definition) is 25. The van der Waals surface area contributed by atoms with Crippen molar-refractivity contribution in [2.75, 3.05) is 58.2 Å². The van der Waals surface area contributed by atoms with Crippen LogP contribution >= 0.6 is 0 Å². The molecule has 10 N–H and O–H groups in total. The molecule has 0 aliphatic heterocycles. The van der Waals surface area contributed by atoms with Gasteiger partial charge in [-0.05, 0) is 35.7 Å². The summed E-state index contributed by atoms with van der Waals surface area (Å²) in [5.41, 5.74) is -4.79. The number of nitrogens with one attached hydrogen (secondary N) is 1. The SMILES string of the molecule is CC(=O)Nc1ccc(N=Nc2cc(OCCO)c(N=Nc3c(S(=O)(=O)O)cc4cc(S(=O)(=O)O)c(N=Nc5cc(OCCO)c([N+](=O)[O-])cc5OCCO)c(O)c4c3O)cc2OCCO)c(S(=O)(=O)O)c1. The Kier molecular flexibility index (Phi) is 17.5. The smallest absolute Gasteiger partial charge is 0.314 e. The highest BCUT2D eigenvalue weighted by atomic mass is 32.2. The number of hydrogen-bond donors (Lipinski definition) is 10. The number of phenolic OH excluding ortho intramolecular Hbond substituents is 2. The van der Waals surface area contributed by atoms with Crippen LogP contribution in [0.1, 0.15) is 6.92 Å². The molecule has 380 valence electrons. The number of carbonyl (C=O) groups excluding carboxylic acids is 1. The Morgan fingerprint density at radius 2 is 0.944 bits per heavy atom. The molecule has 1 amide bonds. The van der Waals surface area contributed by atoms with Crippen LogP contribution < -0.4 is 24.3 Å². The monoisotopic (exact) mass is 1050 g/mol. The molecule has 0 atom stereocenters. The van der Waals surface area contributed by atoms with E-state index in [1.807, 2.05) is 0 Å². The van der Waals surface area contributed by atoms with Crippen LogP contribution in [0.2, 0.25) is 0 Å². The first kappa shape index (κ1) is 54.3. The lowest BCUT2D eigenvalue weighted by atomic mass is 10.1. The molecule has 0 heterocycles. The summed E-state index contributed by atoms with van der Waals surface area (Å²) < 4.78 is 127. The molecule has 71 heavy (non-hydrogen) atoms. The van der Waals surface area contributed by atoms with Gasteiger partial charge in [0.2, 0.25) is 5.91 Å². The number of azo groups is 3. The number of amides is 1. The predicted octanol–water partition coefficient (Wildman–Crippen LogP) is 4.59. The Labute approximate surface area is 399 Å². The predicted molar refractivity (Wildman–Crippen MR) is 240 cm³/mol. The van der Waals surface area contributed by atoms with Crippen molar-refractivity contribution in [1.82, 2.24) is 0 Å². The lowest BCUT2D eigenvalue weighted by Crippen LogP contribution is -2.07. The molecule has 0 unspecified atom stereocenters. The minimum Gasteiger partial charge on any atom is -0.505 e. The zero-order chi connectivity index (χ0) is 52.4. The summed E-state index contributed by atoms with van der Waals surface area (Å²) in [5, 5.41) is 96.3. The number of aliphatic hydroxyl groups excluding tert-OH is 4. The van der Waals surface area contributed by atoms with Crippen LogP contribution in [0.4, 0.5) is 45.5 Å². The number of aromatic hydroxyl groups is 2. The number of nitro benzene ring substituents is 1. The van der Waals surface area contributed by atoms with E-state index in [4.69, 9.17) is 18.9 Å². The van der Waals surface area contributed by atoms with Crippen molar-refractivity contribution in [3.63, 3.8) is 0 Å². The second-order valence-electron chi connectivity index (χ2n) is 13.8. The summed E-state index contributed by atoms with van der Waals surface area (Å²) in [5.74, 6) is -4.97. The third-order valence-electron chi connectivity index (χ3n) is 8.82. The summed E-state index contributed by atoms with van der Waals surface area (Å²) in [7, 11) is -16.0. The number of carbonyl (C=O) groups is 1. The average Bonchev–Trinajstić information content (AvgIpc) is 3.29. The number of rotatable bonds is 23. The van der Waals surface area contributed by atoms with E-state index in [1.54, 1.807) is 0 Å². The molecule has 5 aromatic rings. The van der Waals surface area contributed by atoms with Gasteiger partial charge in [0.1, 0.15) is 86.7 Å². The van der Waals surface area contributed by atoms with Gasteiger partial charge >= 0.3 is 5.69 Å². The third kappa shape index (κ3) is 13.4. The number of nitrogens with zero attached hydrogens (tertiary/aromatic N) is 7. The van der Waals surface area contributed by atoms with Crippen LogP contribution in [-0.2, 0) is 35.1 Å². The second-order valence-corrected chi connectivity index (χ2v) is 17.9. The van der Waals surface area contributed by atoms with E-state index in [0.29, 0.717) is 12.1 Å². The van der Waals surface area contributed by atoms with E-state index in [1.165, 1.54) is 6.07 Å². The van der Waals surface area contributed by atoms with Gasteiger partial charge in [-0.3, -0.25) is 28.6 Å². The first-order chi connectivity index (χ1) is 33.4. The minimum atomic E-state index is -5.49. The topological polar surface area (TPSA) is 468 Å². The molecule has 0 saturated carbocycles. The molecule has 0 saturated heterocycles. The number of nitro groups is 1. The molecule has 5 aromatic carbocycles. The maximum atomic E-state index is 12.8. The molecule has 33 heteroatoms. The fourth-order valence-electron chi connectivity index (χ4n) is 5.99. The lowest BCUT2D eigenvalue weighted by Gasteiger charge is -2.14. The number of phenols is 2. The van der Waals surface area contributed by atoms with E-state index >= 15 is 0 Å². The highest BCUT2D eigenvalue weighted by Crippen LogP contribution is 2.51. The van der Waals surface area contributed by atoms with E-state index in [9.17, 15) is 84.5 Å². The second kappa shape index (κ2) is 22.9. The fourth-order valence-corrected chi connectivity index (χ4v) is 7.95. The van der Waals surface area contributed by atoms with Crippen LogP contribution in [0.15, 0.2) is 100.0 Å². The van der Waals surface area contributed by atoms with Crippen LogP contribution in [0, 0.1) is 10.1 Å². The molecule has 0 bridgehead atoms. The number of fused-ring (bicyclic) bond motifs is 1. The van der Waals surface area contributed by atoms with Gasteiger partial charge in [0.15, 0.2) is 23.0 Å². The van der Waals surface area contributed by atoms with Crippen LogP contribution in [0.25, 0.3) is 10.8 Å². The van der Waals surface area contributed by atoms with Gasteiger partial charge in [0, 0.05) is 30.8 Å². The van der Waals surface area contributed by atoms with Crippen molar-refractivity contribution in [2.45, 2.75) is 21.6 Å². The Hall–Kier alpha value is -7.60. The van der Waals surface area contributed by atoms with Crippen LogP contribution in [-0.4, -0.2) is 133 Å². The maximum Gasteiger partial charge on any atom is 0.314 e. The van der Waals surface area contributed by atoms with Gasteiger partial charge in [0.05, 0.1) is 42.8 Å². The molecule has 0 fully saturated rings. The molecule has 0 aliphatic carbocycles. The van der Waals surface area contributed by atoms with Gasteiger partial charge in [0.25, 0.3) is 30.4 Å². The quantitative estimate of drug-likeness (QED) is 0.0185. The van der Waals surface area contributed by atoms with Crippen molar-refractivity contribution in [3.8, 4) is 34.5 Å². The Morgan fingerprint density at radius 3 is 1.34 bits per heavy atom.